The van der Waals surface area contributed by atoms with Gasteiger partial charge in [0.25, 0.3) is 0 Å². The van der Waals surface area contributed by atoms with E-state index in [1.54, 1.807) is 0 Å². The van der Waals surface area contributed by atoms with Gasteiger partial charge in [-0.15, -0.1) is 0 Å². The van der Waals surface area contributed by atoms with Crippen LogP contribution < -0.4 is 5.32 Å². The van der Waals surface area contributed by atoms with Crippen molar-refractivity contribution in [2.75, 3.05) is 20.1 Å². The van der Waals surface area contributed by atoms with Crippen molar-refractivity contribution in [2.24, 2.45) is 0 Å². The van der Waals surface area contributed by atoms with Crippen molar-refractivity contribution in [3.8, 4) is 0 Å². The van der Waals surface area contributed by atoms with Gasteiger partial charge in [-0.1, -0.05) is 6.42 Å². The van der Waals surface area contributed by atoms with Crippen LogP contribution in [0.5, 0.6) is 0 Å². The van der Waals surface area contributed by atoms with Crippen LogP contribution in [0.1, 0.15) is 25.7 Å². The molecule has 0 aromatic heterocycles. The van der Waals surface area contributed by atoms with Crippen LogP contribution in [-0.4, -0.2) is 38.9 Å². The first-order valence-electron chi connectivity index (χ1n) is 7.06. The number of hydrogen-bond donors (Lipinski definition) is 1. The fraction of sp³-hybridized carbons (Fsp3) is 0.571. The molecule has 1 unspecified atom stereocenters. The summed E-state index contributed by atoms with van der Waals surface area (Å²) in [6, 6.07) is 2.74. The highest BCUT2D eigenvalue weighted by molar-refractivity contribution is 7.89. The Morgan fingerprint density at radius 1 is 1.33 bits per heavy atom. The minimum atomic E-state index is -4.00. The van der Waals surface area contributed by atoms with E-state index >= 15 is 0 Å². The van der Waals surface area contributed by atoms with Crippen molar-refractivity contribution in [3.05, 3.63) is 29.8 Å². The van der Waals surface area contributed by atoms with Gasteiger partial charge in [-0.3, -0.25) is 0 Å². The van der Waals surface area contributed by atoms with Gasteiger partial charge in [0.2, 0.25) is 10.0 Å². The van der Waals surface area contributed by atoms with Crippen molar-refractivity contribution in [3.63, 3.8) is 0 Å². The van der Waals surface area contributed by atoms with Crippen molar-refractivity contribution < 1.29 is 17.2 Å². The van der Waals surface area contributed by atoms with Gasteiger partial charge in [0, 0.05) is 19.6 Å². The third-order valence-corrected chi connectivity index (χ3v) is 5.66. The zero-order valence-corrected chi connectivity index (χ0v) is 12.8. The first-order valence-corrected chi connectivity index (χ1v) is 8.50. The van der Waals surface area contributed by atoms with Crippen LogP contribution in [0.2, 0.25) is 0 Å². The summed E-state index contributed by atoms with van der Waals surface area (Å²) in [6.45, 7) is 1.22. The maximum atomic E-state index is 13.6. The van der Waals surface area contributed by atoms with Gasteiger partial charge >= 0.3 is 0 Å². The summed E-state index contributed by atoms with van der Waals surface area (Å²) >= 11 is 0. The van der Waals surface area contributed by atoms with Crippen LogP contribution >= 0.6 is 0 Å². The zero-order valence-electron chi connectivity index (χ0n) is 12.0. The topological polar surface area (TPSA) is 49.4 Å². The molecule has 1 aromatic rings. The van der Waals surface area contributed by atoms with Gasteiger partial charge in [0.05, 0.1) is 0 Å². The Bertz CT molecular complexity index is 587. The zero-order chi connectivity index (χ0) is 15.5. The van der Waals surface area contributed by atoms with Crippen molar-refractivity contribution in [2.45, 2.75) is 36.6 Å². The van der Waals surface area contributed by atoms with Crippen molar-refractivity contribution in [1.29, 1.82) is 0 Å². The molecule has 1 fully saturated rings. The molecule has 0 saturated carbocycles. The molecule has 1 aliphatic rings. The molecule has 0 amide bonds. The van der Waals surface area contributed by atoms with E-state index in [4.69, 9.17) is 0 Å². The highest BCUT2D eigenvalue weighted by Gasteiger charge is 2.25. The van der Waals surface area contributed by atoms with Crippen molar-refractivity contribution >= 4 is 10.0 Å². The summed E-state index contributed by atoms with van der Waals surface area (Å²) in [6.07, 6.45) is 3.95. The fourth-order valence-electron chi connectivity index (χ4n) is 2.47. The second kappa shape index (κ2) is 6.81. The molecule has 2 rings (SSSR count). The van der Waals surface area contributed by atoms with E-state index in [-0.39, 0.29) is 12.6 Å². The SMILES string of the molecule is CN(CCC1CCCCN1)S(=O)(=O)c1cc(F)ccc1F. The van der Waals surface area contributed by atoms with Crippen LogP contribution in [-0.2, 0) is 10.0 Å². The standard InChI is InChI=1S/C14H20F2N2O2S/c1-18(9-7-12-4-2-3-8-17-12)21(19,20)14-10-11(15)5-6-13(14)16/h5-6,10,12,17H,2-4,7-9H2,1H3. The van der Waals surface area contributed by atoms with E-state index in [0.717, 1.165) is 48.3 Å². The lowest BCUT2D eigenvalue weighted by Gasteiger charge is -2.25. The summed E-state index contributed by atoms with van der Waals surface area (Å²) in [5, 5.41) is 3.33. The first-order chi connectivity index (χ1) is 9.91. The van der Waals surface area contributed by atoms with E-state index in [0.29, 0.717) is 6.42 Å². The van der Waals surface area contributed by atoms with Crippen LogP contribution in [0, 0.1) is 11.6 Å². The number of nitrogens with zero attached hydrogens (tertiary/aromatic N) is 1. The number of halogens is 2. The lowest BCUT2D eigenvalue weighted by atomic mass is 10.0. The van der Waals surface area contributed by atoms with Gasteiger partial charge in [-0.2, -0.15) is 0 Å². The van der Waals surface area contributed by atoms with E-state index in [1.807, 2.05) is 0 Å². The average molecular weight is 318 g/mol. The van der Waals surface area contributed by atoms with Gasteiger partial charge in [0.1, 0.15) is 16.5 Å². The molecule has 1 atom stereocenters. The molecule has 21 heavy (non-hydrogen) atoms. The lowest BCUT2D eigenvalue weighted by molar-refractivity contribution is 0.351. The van der Waals surface area contributed by atoms with Crippen LogP contribution in [0.25, 0.3) is 0 Å². The molecule has 0 bridgehead atoms. The monoisotopic (exact) mass is 318 g/mol. The summed E-state index contributed by atoms with van der Waals surface area (Å²) in [4.78, 5) is -0.610. The predicted molar refractivity (Wildman–Crippen MR) is 76.4 cm³/mol. The molecular formula is C14H20F2N2O2S. The van der Waals surface area contributed by atoms with Gasteiger partial charge < -0.3 is 5.32 Å². The van der Waals surface area contributed by atoms with Crippen LogP contribution in [0.3, 0.4) is 0 Å². The molecule has 7 heteroatoms. The van der Waals surface area contributed by atoms with E-state index in [2.05, 4.69) is 5.32 Å². The normalized spacial score (nSPS) is 19.9. The third-order valence-electron chi connectivity index (χ3n) is 3.79. The number of sulfonamides is 1. The van der Waals surface area contributed by atoms with Crippen LogP contribution in [0.4, 0.5) is 8.78 Å². The van der Waals surface area contributed by atoms with Crippen molar-refractivity contribution in [1.82, 2.24) is 9.62 Å². The number of piperidine rings is 1. The Morgan fingerprint density at radius 3 is 2.76 bits per heavy atom. The minimum Gasteiger partial charge on any atom is -0.314 e. The second-order valence-electron chi connectivity index (χ2n) is 5.34. The Hall–Kier alpha value is -1.05. The highest BCUT2D eigenvalue weighted by atomic mass is 32.2. The molecule has 1 saturated heterocycles. The maximum absolute atomic E-state index is 13.6. The molecule has 118 valence electrons. The Balaban J connectivity index is 2.05. The van der Waals surface area contributed by atoms with Gasteiger partial charge in [-0.05, 0) is 44.0 Å². The fourth-order valence-corrected chi connectivity index (χ4v) is 3.73. The first kappa shape index (κ1) is 16.3. The van der Waals surface area contributed by atoms with E-state index in [9.17, 15) is 17.2 Å². The van der Waals surface area contributed by atoms with Gasteiger partial charge in [-0.25, -0.2) is 21.5 Å². The van der Waals surface area contributed by atoms with Gasteiger partial charge in [0.15, 0.2) is 0 Å². The van der Waals surface area contributed by atoms with E-state index < -0.39 is 26.6 Å². The summed E-state index contributed by atoms with van der Waals surface area (Å²) in [5.41, 5.74) is 0. The molecule has 1 heterocycles. The minimum absolute atomic E-state index is 0.274. The number of benzene rings is 1. The summed E-state index contributed by atoms with van der Waals surface area (Å²) < 4.78 is 52.4. The molecule has 1 aliphatic heterocycles. The molecule has 4 nitrogen and oxygen atoms in total. The summed E-state index contributed by atoms with van der Waals surface area (Å²) in [5.74, 6) is -1.70. The van der Waals surface area contributed by atoms with E-state index in [1.165, 1.54) is 7.05 Å². The lowest BCUT2D eigenvalue weighted by Crippen LogP contribution is -2.38. The Labute approximate surface area is 124 Å². The number of rotatable bonds is 5. The average Bonchev–Trinajstić information content (AvgIpc) is 2.48. The molecule has 0 aliphatic carbocycles. The maximum Gasteiger partial charge on any atom is 0.245 e. The molecule has 1 N–H and O–H groups in total. The number of nitrogens with one attached hydrogen (secondary N) is 1. The molecule has 0 radical (unpaired) electrons. The molecular weight excluding hydrogens is 298 g/mol. The quantitative estimate of drug-likeness (QED) is 0.905. The molecule has 0 spiro atoms. The Kier molecular flexibility index (Phi) is 5.29. The molecule has 1 aromatic carbocycles. The smallest absolute Gasteiger partial charge is 0.245 e. The predicted octanol–water partition coefficient (Wildman–Crippen LogP) is 2.12. The highest BCUT2D eigenvalue weighted by Crippen LogP contribution is 2.20. The summed E-state index contributed by atoms with van der Waals surface area (Å²) in [7, 11) is -2.61. The number of hydrogen-bond acceptors (Lipinski definition) is 3. The Morgan fingerprint density at radius 2 is 2.10 bits per heavy atom. The third kappa shape index (κ3) is 3.99. The largest absolute Gasteiger partial charge is 0.314 e. The second-order valence-corrected chi connectivity index (χ2v) is 7.35. The van der Waals surface area contributed by atoms with Crippen LogP contribution in [0.15, 0.2) is 23.1 Å².